The molecule has 0 aliphatic rings. The lowest BCUT2D eigenvalue weighted by Gasteiger charge is -2.08. The largest absolute Gasteiger partial charge is 0.493 e. The lowest BCUT2D eigenvalue weighted by atomic mass is 10.1. The van der Waals surface area contributed by atoms with Crippen molar-refractivity contribution in [2.24, 2.45) is 0 Å². The molecule has 0 saturated heterocycles. The van der Waals surface area contributed by atoms with E-state index in [1.165, 1.54) is 11.3 Å². The van der Waals surface area contributed by atoms with Gasteiger partial charge in [-0.2, -0.15) is 0 Å². The average molecular weight is 339 g/mol. The molecule has 0 aliphatic heterocycles. The lowest BCUT2D eigenvalue weighted by Crippen LogP contribution is -2.13. The number of nitrogens with one attached hydrogen (secondary N) is 1. The maximum atomic E-state index is 12.5. The van der Waals surface area contributed by atoms with Crippen LogP contribution in [-0.4, -0.2) is 22.7 Å². The minimum atomic E-state index is -0.258. The minimum absolute atomic E-state index is 0.258. The van der Waals surface area contributed by atoms with Crippen LogP contribution in [0, 0.1) is 6.92 Å². The number of amides is 1. The summed E-state index contributed by atoms with van der Waals surface area (Å²) in [6.45, 7) is 4.41. The fraction of sp³-hybridized carbons (Fsp3) is 0.167. The van der Waals surface area contributed by atoms with Gasteiger partial charge < -0.3 is 4.74 Å². The Bertz CT molecular complexity index is 861. The van der Waals surface area contributed by atoms with Crippen molar-refractivity contribution in [1.29, 1.82) is 0 Å². The van der Waals surface area contributed by atoms with Crippen molar-refractivity contribution in [3.05, 3.63) is 59.7 Å². The molecule has 0 aliphatic carbocycles. The molecule has 3 rings (SSSR count). The maximum Gasteiger partial charge on any atom is 0.261 e. The first-order chi connectivity index (χ1) is 11.7. The zero-order valence-electron chi connectivity index (χ0n) is 13.4. The van der Waals surface area contributed by atoms with Crippen molar-refractivity contribution in [3.8, 4) is 16.3 Å². The summed E-state index contributed by atoms with van der Waals surface area (Å²) in [5.41, 5.74) is 2.62. The maximum absolute atomic E-state index is 12.5. The van der Waals surface area contributed by atoms with Crippen molar-refractivity contribution in [2.75, 3.05) is 11.9 Å². The van der Waals surface area contributed by atoms with Crippen molar-refractivity contribution < 1.29 is 9.53 Å². The average Bonchev–Trinajstić information content (AvgIpc) is 3.04. The molecule has 24 heavy (non-hydrogen) atoms. The molecule has 0 atom stereocenters. The standard InChI is InChI=1S/C18H17N3O2S/c1-3-23-15-10-5-4-9-14(15)16(22)19-18-21-20-17(24-18)13-8-6-7-12(2)11-13/h4-11H,3H2,1-2H3,(H,19,21,22). The van der Waals surface area contributed by atoms with Gasteiger partial charge in [0.1, 0.15) is 10.8 Å². The summed E-state index contributed by atoms with van der Waals surface area (Å²) in [4.78, 5) is 12.5. The highest BCUT2D eigenvalue weighted by Crippen LogP contribution is 2.27. The van der Waals surface area contributed by atoms with Gasteiger partial charge in [-0.1, -0.05) is 47.2 Å². The van der Waals surface area contributed by atoms with Crippen LogP contribution in [-0.2, 0) is 0 Å². The van der Waals surface area contributed by atoms with Gasteiger partial charge in [0.15, 0.2) is 0 Å². The van der Waals surface area contributed by atoms with Gasteiger partial charge in [-0.25, -0.2) is 0 Å². The number of carbonyl (C=O) groups is 1. The highest BCUT2D eigenvalue weighted by molar-refractivity contribution is 7.18. The third-order valence-electron chi connectivity index (χ3n) is 3.34. The van der Waals surface area contributed by atoms with Gasteiger partial charge in [0.05, 0.1) is 12.2 Å². The van der Waals surface area contributed by atoms with E-state index in [4.69, 9.17) is 4.74 Å². The van der Waals surface area contributed by atoms with Crippen LogP contribution in [0.3, 0.4) is 0 Å². The molecule has 0 unspecified atom stereocenters. The SMILES string of the molecule is CCOc1ccccc1C(=O)Nc1nnc(-c2cccc(C)c2)s1. The number of benzene rings is 2. The highest BCUT2D eigenvalue weighted by atomic mass is 32.1. The predicted octanol–water partition coefficient (Wildman–Crippen LogP) is 4.16. The van der Waals surface area contributed by atoms with E-state index in [1.807, 2.05) is 44.2 Å². The van der Waals surface area contributed by atoms with Gasteiger partial charge in [0.2, 0.25) is 5.13 Å². The number of anilines is 1. The summed E-state index contributed by atoms with van der Waals surface area (Å²) in [6, 6.07) is 15.2. The van der Waals surface area contributed by atoms with Crippen LogP contribution in [0.4, 0.5) is 5.13 Å². The molecule has 1 aromatic heterocycles. The van der Waals surface area contributed by atoms with Crippen LogP contribution in [0.15, 0.2) is 48.5 Å². The van der Waals surface area contributed by atoms with Gasteiger partial charge in [0, 0.05) is 5.56 Å². The number of rotatable bonds is 5. The van der Waals surface area contributed by atoms with E-state index in [1.54, 1.807) is 18.2 Å². The van der Waals surface area contributed by atoms with Crippen LogP contribution in [0.5, 0.6) is 5.75 Å². The number of aryl methyl sites for hydroxylation is 1. The van der Waals surface area contributed by atoms with E-state index in [9.17, 15) is 4.79 Å². The first-order valence-electron chi connectivity index (χ1n) is 7.61. The van der Waals surface area contributed by atoms with Gasteiger partial charge in [-0.05, 0) is 32.0 Å². The smallest absolute Gasteiger partial charge is 0.261 e. The molecule has 1 N–H and O–H groups in total. The van der Waals surface area contributed by atoms with Crippen LogP contribution in [0.2, 0.25) is 0 Å². The molecule has 0 saturated carbocycles. The van der Waals surface area contributed by atoms with Gasteiger partial charge >= 0.3 is 0 Å². The molecule has 0 bridgehead atoms. The number of aromatic nitrogens is 2. The molecular weight excluding hydrogens is 322 g/mol. The Balaban J connectivity index is 1.79. The Labute approximate surface area is 144 Å². The zero-order valence-corrected chi connectivity index (χ0v) is 14.3. The second kappa shape index (κ2) is 7.23. The monoisotopic (exact) mass is 339 g/mol. The molecule has 0 fully saturated rings. The fourth-order valence-electron chi connectivity index (χ4n) is 2.27. The number of nitrogens with zero attached hydrogens (tertiary/aromatic N) is 2. The Morgan fingerprint density at radius 1 is 1.17 bits per heavy atom. The first kappa shape index (κ1) is 16.1. The van der Waals surface area contributed by atoms with Crippen LogP contribution in [0.1, 0.15) is 22.8 Å². The van der Waals surface area contributed by atoms with E-state index in [2.05, 4.69) is 15.5 Å². The molecule has 2 aromatic carbocycles. The third kappa shape index (κ3) is 3.60. The zero-order chi connectivity index (χ0) is 16.9. The summed E-state index contributed by atoms with van der Waals surface area (Å²) in [6.07, 6.45) is 0. The molecule has 1 heterocycles. The topological polar surface area (TPSA) is 64.1 Å². The van der Waals surface area contributed by atoms with E-state index >= 15 is 0 Å². The van der Waals surface area contributed by atoms with E-state index in [0.29, 0.717) is 23.1 Å². The second-order valence-electron chi connectivity index (χ2n) is 5.17. The van der Waals surface area contributed by atoms with Crippen LogP contribution >= 0.6 is 11.3 Å². The second-order valence-corrected chi connectivity index (χ2v) is 6.14. The van der Waals surface area contributed by atoms with E-state index in [0.717, 1.165) is 16.1 Å². The lowest BCUT2D eigenvalue weighted by molar-refractivity contribution is 0.102. The third-order valence-corrected chi connectivity index (χ3v) is 4.23. The Morgan fingerprint density at radius 2 is 2.00 bits per heavy atom. The number of hydrogen-bond donors (Lipinski definition) is 1. The molecule has 0 radical (unpaired) electrons. The fourth-order valence-corrected chi connectivity index (χ4v) is 3.00. The van der Waals surface area contributed by atoms with E-state index in [-0.39, 0.29) is 5.91 Å². The molecule has 5 nitrogen and oxygen atoms in total. The summed E-state index contributed by atoms with van der Waals surface area (Å²) in [5.74, 6) is 0.298. The molecule has 6 heteroatoms. The predicted molar refractivity (Wildman–Crippen MR) is 95.6 cm³/mol. The van der Waals surface area contributed by atoms with Gasteiger partial charge in [-0.3, -0.25) is 10.1 Å². The quantitative estimate of drug-likeness (QED) is 0.758. The summed E-state index contributed by atoms with van der Waals surface area (Å²) in [5, 5.41) is 12.2. The van der Waals surface area contributed by atoms with Crippen molar-refractivity contribution in [1.82, 2.24) is 10.2 Å². The molecular formula is C18H17N3O2S. The normalized spacial score (nSPS) is 10.4. The first-order valence-corrected chi connectivity index (χ1v) is 8.42. The van der Waals surface area contributed by atoms with Crippen molar-refractivity contribution >= 4 is 22.4 Å². The molecule has 3 aromatic rings. The molecule has 0 spiro atoms. The number of carbonyl (C=O) groups excluding carboxylic acids is 1. The van der Waals surface area contributed by atoms with Crippen molar-refractivity contribution in [2.45, 2.75) is 13.8 Å². The van der Waals surface area contributed by atoms with Crippen molar-refractivity contribution in [3.63, 3.8) is 0 Å². The summed E-state index contributed by atoms with van der Waals surface area (Å²) < 4.78 is 5.49. The van der Waals surface area contributed by atoms with Crippen LogP contribution < -0.4 is 10.1 Å². The number of hydrogen-bond acceptors (Lipinski definition) is 5. The summed E-state index contributed by atoms with van der Waals surface area (Å²) >= 11 is 1.34. The minimum Gasteiger partial charge on any atom is -0.493 e. The Kier molecular flexibility index (Phi) is 4.86. The number of para-hydroxylation sites is 1. The highest BCUT2D eigenvalue weighted by Gasteiger charge is 2.15. The van der Waals surface area contributed by atoms with Crippen LogP contribution in [0.25, 0.3) is 10.6 Å². The number of ether oxygens (including phenoxy) is 1. The molecule has 122 valence electrons. The molecule has 1 amide bonds. The van der Waals surface area contributed by atoms with Gasteiger partial charge in [-0.15, -0.1) is 10.2 Å². The summed E-state index contributed by atoms with van der Waals surface area (Å²) in [7, 11) is 0. The Hall–Kier alpha value is -2.73. The van der Waals surface area contributed by atoms with Gasteiger partial charge in [0.25, 0.3) is 5.91 Å². The Morgan fingerprint density at radius 3 is 2.79 bits per heavy atom. The van der Waals surface area contributed by atoms with E-state index < -0.39 is 0 Å².